The lowest BCUT2D eigenvalue weighted by Gasteiger charge is -2.19. The summed E-state index contributed by atoms with van der Waals surface area (Å²) >= 11 is 1.60. The predicted octanol–water partition coefficient (Wildman–Crippen LogP) is 5.63. The lowest BCUT2D eigenvalue weighted by Crippen LogP contribution is -2.18. The summed E-state index contributed by atoms with van der Waals surface area (Å²) in [5.74, 6) is 0.601. The Morgan fingerprint density at radius 2 is 2.17 bits per heavy atom. The van der Waals surface area contributed by atoms with Crippen LogP contribution in [0, 0.1) is 0 Å². The molecule has 30 heavy (non-hydrogen) atoms. The largest absolute Gasteiger partial charge is 0.475 e. The number of hydrogen-bond acceptors (Lipinski definition) is 6. The summed E-state index contributed by atoms with van der Waals surface area (Å²) in [6.07, 6.45) is 6.49. The third-order valence-corrected chi connectivity index (χ3v) is 6.26. The fourth-order valence-corrected chi connectivity index (χ4v) is 4.59. The van der Waals surface area contributed by atoms with E-state index in [0.29, 0.717) is 18.6 Å². The third kappa shape index (κ3) is 3.88. The molecule has 1 fully saturated rings. The fraction of sp³-hybridized carbons (Fsp3) is 0.250. The molecule has 0 bridgehead atoms. The molecular formula is C24H23N3O2S. The molecule has 2 atom stereocenters. The number of ether oxygens (including phenoxy) is 2. The van der Waals surface area contributed by atoms with Crippen molar-refractivity contribution in [2.75, 3.05) is 11.9 Å². The first-order chi connectivity index (χ1) is 14.7. The van der Waals surface area contributed by atoms with Crippen LogP contribution in [0.2, 0.25) is 0 Å². The summed E-state index contributed by atoms with van der Waals surface area (Å²) in [7, 11) is 0. The second kappa shape index (κ2) is 8.05. The molecule has 2 unspecified atom stereocenters. The highest BCUT2D eigenvalue weighted by atomic mass is 32.1. The zero-order valence-electron chi connectivity index (χ0n) is 16.8. The van der Waals surface area contributed by atoms with Crippen molar-refractivity contribution in [1.29, 1.82) is 0 Å². The molecule has 0 saturated carbocycles. The molecule has 152 valence electrons. The van der Waals surface area contributed by atoms with E-state index in [9.17, 15) is 0 Å². The number of rotatable bonds is 5. The van der Waals surface area contributed by atoms with Crippen molar-refractivity contribution in [3.8, 4) is 16.5 Å². The van der Waals surface area contributed by atoms with Gasteiger partial charge >= 0.3 is 0 Å². The molecule has 0 aliphatic carbocycles. The number of allylic oxidation sites excluding steroid dienone is 1. The van der Waals surface area contributed by atoms with Crippen LogP contribution in [0.3, 0.4) is 0 Å². The first-order valence-corrected chi connectivity index (χ1v) is 11.0. The van der Waals surface area contributed by atoms with E-state index in [2.05, 4.69) is 47.4 Å². The van der Waals surface area contributed by atoms with Crippen LogP contribution in [0.1, 0.15) is 31.0 Å². The van der Waals surface area contributed by atoms with Gasteiger partial charge in [0.05, 0.1) is 17.9 Å². The second-order valence-electron chi connectivity index (χ2n) is 7.63. The molecule has 0 amide bonds. The Balaban J connectivity index is 1.34. The first kappa shape index (κ1) is 19.0. The van der Waals surface area contributed by atoms with Crippen LogP contribution in [-0.2, 0) is 4.74 Å². The van der Waals surface area contributed by atoms with Gasteiger partial charge in [-0.25, -0.2) is 9.97 Å². The Labute approximate surface area is 180 Å². The van der Waals surface area contributed by atoms with Crippen LogP contribution in [0.5, 0.6) is 5.88 Å². The summed E-state index contributed by atoms with van der Waals surface area (Å²) in [5.41, 5.74) is 5.97. The molecule has 3 aromatic rings. The number of nitrogens with zero attached hydrogens (tertiary/aromatic N) is 2. The maximum atomic E-state index is 5.88. The first-order valence-electron chi connectivity index (χ1n) is 10.1. The molecule has 5 rings (SSSR count). The van der Waals surface area contributed by atoms with Gasteiger partial charge in [0.25, 0.3) is 0 Å². The zero-order chi connectivity index (χ0) is 20.5. The van der Waals surface area contributed by atoms with Gasteiger partial charge in [-0.3, -0.25) is 0 Å². The summed E-state index contributed by atoms with van der Waals surface area (Å²) in [4.78, 5) is 9.20. The molecule has 1 N–H and O–H groups in total. The van der Waals surface area contributed by atoms with Gasteiger partial charge in [-0.2, -0.15) is 0 Å². The number of hydrogen-bond donors (Lipinski definition) is 1. The molecule has 4 heterocycles. The normalized spacial score (nSPS) is 20.4. The molecule has 5 nitrogen and oxygen atoms in total. The Kier molecular flexibility index (Phi) is 5.11. The van der Waals surface area contributed by atoms with E-state index in [1.807, 2.05) is 24.3 Å². The third-order valence-electron chi connectivity index (χ3n) is 5.37. The van der Waals surface area contributed by atoms with Gasteiger partial charge in [0.15, 0.2) is 0 Å². The molecule has 2 aliphatic rings. The standard InChI is InChI=1S/C24H23N3O2S/c1-15-7-8-19(29-15)13-28-23-12-18(9-10-25-23)24-27-22(14-30-24)20-11-17-5-3-4-6-21(17)26-16(20)2/h3-6,9-12,14-15,19,26H,2,7-8,13H2,1H3. The van der Waals surface area contributed by atoms with Gasteiger partial charge in [-0.05, 0) is 43.5 Å². The van der Waals surface area contributed by atoms with Crippen molar-refractivity contribution in [3.05, 3.63) is 71.5 Å². The molecule has 2 aliphatic heterocycles. The number of thiazole rings is 1. The van der Waals surface area contributed by atoms with E-state index < -0.39 is 0 Å². The number of para-hydroxylation sites is 1. The number of aromatic nitrogens is 2. The second-order valence-corrected chi connectivity index (χ2v) is 8.48. The summed E-state index contributed by atoms with van der Waals surface area (Å²) in [6.45, 7) is 6.81. The number of nitrogens with one attached hydrogen (secondary N) is 1. The lowest BCUT2D eigenvalue weighted by atomic mass is 10.0. The quantitative estimate of drug-likeness (QED) is 0.583. The lowest BCUT2D eigenvalue weighted by molar-refractivity contribution is 0.0254. The molecule has 0 radical (unpaired) electrons. The molecule has 1 aromatic carbocycles. The van der Waals surface area contributed by atoms with E-state index in [1.54, 1.807) is 17.5 Å². The predicted molar refractivity (Wildman–Crippen MR) is 121 cm³/mol. The van der Waals surface area contributed by atoms with Gasteiger partial charge in [-0.15, -0.1) is 11.3 Å². The van der Waals surface area contributed by atoms with Gasteiger partial charge in [0.2, 0.25) is 5.88 Å². The van der Waals surface area contributed by atoms with Crippen molar-refractivity contribution < 1.29 is 9.47 Å². The zero-order valence-corrected chi connectivity index (χ0v) is 17.6. The van der Waals surface area contributed by atoms with Crippen LogP contribution in [-0.4, -0.2) is 28.8 Å². The number of anilines is 1. The summed E-state index contributed by atoms with van der Waals surface area (Å²) in [6, 6.07) is 12.1. The molecule has 1 saturated heterocycles. The van der Waals surface area contributed by atoms with Crippen molar-refractivity contribution >= 4 is 28.7 Å². The Hall–Kier alpha value is -2.96. The number of benzene rings is 1. The van der Waals surface area contributed by atoms with E-state index in [-0.39, 0.29) is 6.10 Å². The highest BCUT2D eigenvalue weighted by molar-refractivity contribution is 7.13. The van der Waals surface area contributed by atoms with Crippen LogP contribution in [0.4, 0.5) is 5.69 Å². The van der Waals surface area contributed by atoms with Crippen molar-refractivity contribution in [3.63, 3.8) is 0 Å². The maximum absolute atomic E-state index is 5.88. The average molecular weight is 418 g/mol. The Morgan fingerprint density at radius 3 is 3.03 bits per heavy atom. The minimum absolute atomic E-state index is 0.150. The molecular weight excluding hydrogens is 394 g/mol. The van der Waals surface area contributed by atoms with Gasteiger partial charge in [0.1, 0.15) is 11.6 Å². The smallest absolute Gasteiger partial charge is 0.213 e. The Bertz CT molecular complexity index is 1120. The molecule has 0 spiro atoms. The van der Waals surface area contributed by atoms with Crippen LogP contribution in [0.15, 0.2) is 60.3 Å². The topological polar surface area (TPSA) is 56.3 Å². The highest BCUT2D eigenvalue weighted by Crippen LogP contribution is 2.36. The van der Waals surface area contributed by atoms with Gasteiger partial charge < -0.3 is 14.8 Å². The SMILES string of the molecule is C=C1Nc2ccccc2C=C1c1csc(-c2ccnc(OCC3CCC(C)O3)c2)n1. The molecule has 6 heteroatoms. The average Bonchev–Trinajstić information content (AvgIpc) is 3.41. The monoisotopic (exact) mass is 417 g/mol. The van der Waals surface area contributed by atoms with Gasteiger partial charge in [0, 0.05) is 40.2 Å². The Morgan fingerprint density at radius 1 is 1.27 bits per heavy atom. The van der Waals surface area contributed by atoms with Crippen LogP contribution >= 0.6 is 11.3 Å². The summed E-state index contributed by atoms with van der Waals surface area (Å²) in [5, 5.41) is 6.37. The summed E-state index contributed by atoms with van der Waals surface area (Å²) < 4.78 is 11.7. The van der Waals surface area contributed by atoms with E-state index in [1.165, 1.54) is 0 Å². The minimum atomic E-state index is 0.150. The minimum Gasteiger partial charge on any atom is -0.475 e. The van der Waals surface area contributed by atoms with E-state index >= 15 is 0 Å². The van der Waals surface area contributed by atoms with Crippen molar-refractivity contribution in [1.82, 2.24) is 9.97 Å². The van der Waals surface area contributed by atoms with Crippen molar-refractivity contribution in [2.24, 2.45) is 0 Å². The molecule has 2 aromatic heterocycles. The number of fused-ring (bicyclic) bond motifs is 1. The van der Waals surface area contributed by atoms with Crippen LogP contribution < -0.4 is 10.1 Å². The van der Waals surface area contributed by atoms with Crippen LogP contribution in [0.25, 0.3) is 22.2 Å². The number of pyridine rings is 1. The highest BCUT2D eigenvalue weighted by Gasteiger charge is 2.22. The maximum Gasteiger partial charge on any atom is 0.213 e. The fourth-order valence-electron chi connectivity index (χ4n) is 3.78. The van der Waals surface area contributed by atoms with E-state index in [4.69, 9.17) is 14.5 Å². The van der Waals surface area contributed by atoms with Crippen molar-refractivity contribution in [2.45, 2.75) is 32.0 Å². The van der Waals surface area contributed by atoms with E-state index in [0.717, 1.165) is 51.6 Å². The van der Waals surface area contributed by atoms with Gasteiger partial charge in [-0.1, -0.05) is 24.8 Å².